The minimum Gasteiger partial charge on any atom is -0.271 e. The standard InChI is InChI=1S/C12H11BrCl2N2S/c1-6-4-10(18-12(6)13)11(17-16)7-2-3-8(14)9(15)5-7/h2-5,11,17H,16H2,1H3. The maximum atomic E-state index is 6.03. The van der Waals surface area contributed by atoms with Gasteiger partial charge >= 0.3 is 0 Å². The summed E-state index contributed by atoms with van der Waals surface area (Å²) in [5, 5.41) is 1.07. The van der Waals surface area contributed by atoms with Crippen molar-refractivity contribution < 1.29 is 0 Å². The summed E-state index contributed by atoms with van der Waals surface area (Å²) in [6, 6.07) is 7.54. The lowest BCUT2D eigenvalue weighted by atomic mass is 10.1. The van der Waals surface area contributed by atoms with E-state index in [1.807, 2.05) is 19.1 Å². The van der Waals surface area contributed by atoms with Gasteiger partial charge in [-0.1, -0.05) is 29.3 Å². The van der Waals surface area contributed by atoms with E-state index in [4.69, 9.17) is 29.0 Å². The van der Waals surface area contributed by atoms with Crippen molar-refractivity contribution in [3.05, 3.63) is 54.1 Å². The number of rotatable bonds is 3. The summed E-state index contributed by atoms with van der Waals surface area (Å²) < 4.78 is 1.11. The Bertz CT molecular complexity index is 552. The van der Waals surface area contributed by atoms with Crippen LogP contribution < -0.4 is 11.3 Å². The van der Waals surface area contributed by atoms with Gasteiger partial charge in [0.2, 0.25) is 0 Å². The molecule has 0 amide bonds. The molecule has 96 valence electrons. The maximum Gasteiger partial charge on any atom is 0.0803 e. The van der Waals surface area contributed by atoms with Gasteiger partial charge in [-0.3, -0.25) is 5.84 Å². The molecular formula is C12H11BrCl2N2S. The fraction of sp³-hybridized carbons (Fsp3) is 0.167. The molecular weight excluding hydrogens is 355 g/mol. The highest BCUT2D eigenvalue weighted by atomic mass is 79.9. The quantitative estimate of drug-likeness (QED) is 0.612. The van der Waals surface area contributed by atoms with Crippen molar-refractivity contribution in [1.82, 2.24) is 5.43 Å². The van der Waals surface area contributed by atoms with Crippen molar-refractivity contribution in [3.8, 4) is 0 Å². The zero-order chi connectivity index (χ0) is 13.3. The summed E-state index contributed by atoms with van der Waals surface area (Å²) in [6.07, 6.45) is 0. The molecule has 0 aliphatic rings. The average molecular weight is 366 g/mol. The van der Waals surface area contributed by atoms with Crippen LogP contribution in [-0.2, 0) is 0 Å². The van der Waals surface area contributed by atoms with Crippen molar-refractivity contribution in [2.24, 2.45) is 5.84 Å². The third kappa shape index (κ3) is 2.90. The largest absolute Gasteiger partial charge is 0.271 e. The zero-order valence-corrected chi connectivity index (χ0v) is 13.4. The van der Waals surface area contributed by atoms with E-state index in [0.29, 0.717) is 10.0 Å². The molecule has 0 fully saturated rings. The van der Waals surface area contributed by atoms with Gasteiger partial charge in [-0.25, -0.2) is 5.43 Å². The van der Waals surface area contributed by atoms with Gasteiger partial charge in [0.15, 0.2) is 0 Å². The van der Waals surface area contributed by atoms with Crippen molar-refractivity contribution in [1.29, 1.82) is 0 Å². The van der Waals surface area contributed by atoms with Crippen molar-refractivity contribution in [2.45, 2.75) is 13.0 Å². The Morgan fingerprint density at radius 1 is 1.28 bits per heavy atom. The molecule has 0 saturated carbocycles. The smallest absolute Gasteiger partial charge is 0.0803 e. The van der Waals surface area contributed by atoms with Crippen molar-refractivity contribution in [3.63, 3.8) is 0 Å². The molecule has 2 rings (SSSR count). The van der Waals surface area contributed by atoms with Crippen LogP contribution in [0, 0.1) is 6.92 Å². The number of thiophene rings is 1. The van der Waals surface area contributed by atoms with E-state index in [2.05, 4.69) is 27.4 Å². The Morgan fingerprint density at radius 2 is 2.00 bits per heavy atom. The van der Waals surface area contributed by atoms with Gasteiger partial charge in [0.25, 0.3) is 0 Å². The van der Waals surface area contributed by atoms with Crippen LogP contribution in [0.25, 0.3) is 0 Å². The first kappa shape index (κ1) is 14.3. The Balaban J connectivity index is 2.41. The van der Waals surface area contributed by atoms with Gasteiger partial charge in [0, 0.05) is 4.88 Å². The van der Waals surface area contributed by atoms with Crippen LogP contribution in [-0.4, -0.2) is 0 Å². The van der Waals surface area contributed by atoms with Crippen LogP contribution in [0.15, 0.2) is 28.1 Å². The van der Waals surface area contributed by atoms with E-state index >= 15 is 0 Å². The van der Waals surface area contributed by atoms with E-state index in [1.165, 1.54) is 5.56 Å². The Kier molecular flexibility index (Phi) is 4.69. The molecule has 1 heterocycles. The highest BCUT2D eigenvalue weighted by molar-refractivity contribution is 9.11. The third-order valence-electron chi connectivity index (χ3n) is 2.60. The highest BCUT2D eigenvalue weighted by Gasteiger charge is 2.17. The lowest BCUT2D eigenvalue weighted by Gasteiger charge is -2.15. The molecule has 1 aromatic carbocycles. The minimum atomic E-state index is -0.0882. The van der Waals surface area contributed by atoms with E-state index in [1.54, 1.807) is 17.4 Å². The lowest BCUT2D eigenvalue weighted by molar-refractivity contribution is 0.646. The first-order valence-corrected chi connectivity index (χ1v) is 7.56. The van der Waals surface area contributed by atoms with Gasteiger partial charge < -0.3 is 0 Å². The van der Waals surface area contributed by atoms with E-state index in [0.717, 1.165) is 14.2 Å². The van der Waals surface area contributed by atoms with Crippen LogP contribution in [0.5, 0.6) is 0 Å². The molecule has 1 atom stereocenters. The number of benzene rings is 1. The number of nitrogens with one attached hydrogen (secondary N) is 1. The molecule has 2 nitrogen and oxygen atoms in total. The van der Waals surface area contributed by atoms with E-state index < -0.39 is 0 Å². The van der Waals surface area contributed by atoms with Crippen LogP contribution in [0.1, 0.15) is 22.0 Å². The second kappa shape index (κ2) is 5.90. The van der Waals surface area contributed by atoms with Gasteiger partial charge in [0.1, 0.15) is 0 Å². The fourth-order valence-corrected chi connectivity index (χ4v) is 3.63. The number of nitrogens with two attached hydrogens (primary N) is 1. The minimum absolute atomic E-state index is 0.0882. The molecule has 18 heavy (non-hydrogen) atoms. The number of halogens is 3. The number of hydrogen-bond donors (Lipinski definition) is 2. The zero-order valence-electron chi connectivity index (χ0n) is 9.51. The molecule has 1 aromatic heterocycles. The fourth-order valence-electron chi connectivity index (χ4n) is 1.66. The Labute approximate surface area is 128 Å². The predicted octanol–water partition coefficient (Wildman–Crippen LogP) is 4.68. The van der Waals surface area contributed by atoms with Gasteiger partial charge in [-0.05, 0) is 52.2 Å². The molecule has 0 aliphatic carbocycles. The number of hydrogen-bond acceptors (Lipinski definition) is 3. The van der Waals surface area contributed by atoms with Crippen LogP contribution in [0.4, 0.5) is 0 Å². The molecule has 6 heteroatoms. The molecule has 0 saturated heterocycles. The van der Waals surface area contributed by atoms with Crippen LogP contribution in [0.3, 0.4) is 0 Å². The second-order valence-electron chi connectivity index (χ2n) is 3.88. The topological polar surface area (TPSA) is 38.0 Å². The Hall–Kier alpha value is -0.100. The molecule has 0 aliphatic heterocycles. The Morgan fingerprint density at radius 3 is 2.50 bits per heavy atom. The predicted molar refractivity (Wildman–Crippen MR) is 82.4 cm³/mol. The average Bonchev–Trinajstić information content (AvgIpc) is 2.65. The maximum absolute atomic E-state index is 6.03. The highest BCUT2D eigenvalue weighted by Crippen LogP contribution is 2.35. The molecule has 0 spiro atoms. The van der Waals surface area contributed by atoms with Gasteiger partial charge in [0.05, 0.1) is 19.9 Å². The summed E-state index contributed by atoms with van der Waals surface area (Å²) in [4.78, 5) is 1.13. The lowest BCUT2D eigenvalue weighted by Crippen LogP contribution is -2.28. The van der Waals surface area contributed by atoms with Crippen molar-refractivity contribution in [2.75, 3.05) is 0 Å². The van der Waals surface area contributed by atoms with E-state index in [-0.39, 0.29) is 6.04 Å². The molecule has 0 radical (unpaired) electrons. The van der Waals surface area contributed by atoms with Crippen LogP contribution in [0.2, 0.25) is 10.0 Å². The SMILES string of the molecule is Cc1cc(C(NN)c2ccc(Cl)c(Cl)c2)sc1Br. The van der Waals surface area contributed by atoms with Gasteiger partial charge in [-0.2, -0.15) is 0 Å². The summed E-state index contributed by atoms with van der Waals surface area (Å²) in [6.45, 7) is 2.05. The first-order valence-electron chi connectivity index (χ1n) is 5.20. The van der Waals surface area contributed by atoms with Crippen molar-refractivity contribution >= 4 is 50.5 Å². The first-order chi connectivity index (χ1) is 8.52. The molecule has 3 N–H and O–H groups in total. The van der Waals surface area contributed by atoms with E-state index in [9.17, 15) is 0 Å². The third-order valence-corrected chi connectivity index (χ3v) is 5.54. The monoisotopic (exact) mass is 364 g/mol. The van der Waals surface area contributed by atoms with Crippen LogP contribution >= 0.6 is 50.5 Å². The number of hydrazine groups is 1. The number of aryl methyl sites for hydroxylation is 1. The summed E-state index contributed by atoms with van der Waals surface area (Å²) in [5.74, 6) is 5.65. The molecule has 1 unspecified atom stereocenters. The normalized spacial score (nSPS) is 12.7. The molecule has 0 bridgehead atoms. The summed E-state index contributed by atoms with van der Waals surface area (Å²) >= 11 is 17.1. The van der Waals surface area contributed by atoms with Gasteiger partial charge in [-0.15, -0.1) is 11.3 Å². The second-order valence-corrected chi connectivity index (χ2v) is 7.09. The summed E-state index contributed by atoms with van der Waals surface area (Å²) in [5.41, 5.74) is 4.99. The molecule has 2 aromatic rings. The summed E-state index contributed by atoms with van der Waals surface area (Å²) in [7, 11) is 0.